The number of hydrogen-bond donors (Lipinski definition) is 2. The molecule has 2 rings (SSSR count). The van der Waals surface area contributed by atoms with Gasteiger partial charge in [0.05, 0.1) is 12.1 Å². The molecule has 17 heavy (non-hydrogen) atoms. The standard InChI is InChI=1S/C12H13N3OS/c13-6-8-2-1-3-9(4-8)12-15-10(7-17-12)5-11(14)16/h1-4,7H,5-6,13H2,(H2,14,16). The first kappa shape index (κ1) is 11.8. The molecule has 1 aromatic heterocycles. The monoisotopic (exact) mass is 247 g/mol. The molecule has 0 aliphatic carbocycles. The Bertz CT molecular complexity index is 536. The van der Waals surface area contributed by atoms with Crippen LogP contribution in [0.15, 0.2) is 29.6 Å². The molecule has 0 aliphatic rings. The third-order valence-corrected chi connectivity index (χ3v) is 3.26. The van der Waals surface area contributed by atoms with E-state index in [0.29, 0.717) is 6.54 Å². The van der Waals surface area contributed by atoms with Gasteiger partial charge in [0.2, 0.25) is 5.91 Å². The number of benzene rings is 1. The van der Waals surface area contributed by atoms with E-state index in [9.17, 15) is 4.79 Å². The third kappa shape index (κ3) is 2.89. The van der Waals surface area contributed by atoms with Gasteiger partial charge in [0, 0.05) is 17.5 Å². The first-order valence-electron chi connectivity index (χ1n) is 5.21. The fourth-order valence-electron chi connectivity index (χ4n) is 1.53. The number of carbonyl (C=O) groups is 1. The van der Waals surface area contributed by atoms with Gasteiger partial charge in [-0.05, 0) is 11.6 Å². The smallest absolute Gasteiger partial charge is 0.223 e. The Morgan fingerprint density at radius 3 is 2.94 bits per heavy atom. The van der Waals surface area contributed by atoms with Crippen LogP contribution in [0.1, 0.15) is 11.3 Å². The predicted octanol–water partition coefficient (Wildman–Crippen LogP) is 1.30. The Morgan fingerprint density at radius 2 is 2.24 bits per heavy atom. The van der Waals surface area contributed by atoms with Crippen LogP contribution >= 0.6 is 11.3 Å². The van der Waals surface area contributed by atoms with Gasteiger partial charge in [-0.15, -0.1) is 11.3 Å². The molecule has 0 saturated heterocycles. The lowest BCUT2D eigenvalue weighted by Crippen LogP contribution is -2.13. The molecule has 0 atom stereocenters. The summed E-state index contributed by atoms with van der Waals surface area (Å²) in [5.41, 5.74) is 13.5. The lowest BCUT2D eigenvalue weighted by molar-refractivity contribution is -0.117. The third-order valence-electron chi connectivity index (χ3n) is 2.32. The lowest BCUT2D eigenvalue weighted by Gasteiger charge is -1.99. The SMILES string of the molecule is NCc1cccc(-c2nc(CC(N)=O)cs2)c1. The topological polar surface area (TPSA) is 82.0 Å². The zero-order chi connectivity index (χ0) is 12.3. The Balaban J connectivity index is 2.26. The molecule has 2 aromatic rings. The van der Waals surface area contributed by atoms with E-state index in [0.717, 1.165) is 21.8 Å². The van der Waals surface area contributed by atoms with Gasteiger partial charge in [-0.1, -0.05) is 18.2 Å². The molecule has 1 amide bonds. The van der Waals surface area contributed by atoms with Gasteiger partial charge >= 0.3 is 0 Å². The van der Waals surface area contributed by atoms with Gasteiger partial charge in [0.25, 0.3) is 0 Å². The average molecular weight is 247 g/mol. The largest absolute Gasteiger partial charge is 0.369 e. The predicted molar refractivity (Wildman–Crippen MR) is 68.3 cm³/mol. The van der Waals surface area contributed by atoms with Crippen LogP contribution in [-0.2, 0) is 17.8 Å². The highest BCUT2D eigenvalue weighted by atomic mass is 32.1. The van der Waals surface area contributed by atoms with Crippen LogP contribution in [0.3, 0.4) is 0 Å². The fourth-order valence-corrected chi connectivity index (χ4v) is 2.35. The second-order valence-corrected chi connectivity index (χ2v) is 4.55. The van der Waals surface area contributed by atoms with Crippen LogP contribution in [0, 0.1) is 0 Å². The zero-order valence-corrected chi connectivity index (χ0v) is 10.0. The van der Waals surface area contributed by atoms with Crippen molar-refractivity contribution in [3.63, 3.8) is 0 Å². The van der Waals surface area contributed by atoms with Crippen molar-refractivity contribution in [1.82, 2.24) is 4.98 Å². The Hall–Kier alpha value is -1.72. The van der Waals surface area contributed by atoms with Gasteiger partial charge in [-0.2, -0.15) is 0 Å². The van der Waals surface area contributed by atoms with Crippen LogP contribution < -0.4 is 11.5 Å². The van der Waals surface area contributed by atoms with Crippen molar-refractivity contribution >= 4 is 17.2 Å². The average Bonchev–Trinajstić information content (AvgIpc) is 2.77. The molecule has 4 N–H and O–H groups in total. The van der Waals surface area contributed by atoms with E-state index in [1.807, 2.05) is 29.6 Å². The maximum Gasteiger partial charge on any atom is 0.223 e. The molecule has 5 heteroatoms. The summed E-state index contributed by atoms with van der Waals surface area (Å²) in [5.74, 6) is -0.363. The number of aromatic nitrogens is 1. The van der Waals surface area contributed by atoms with Gasteiger partial charge in [0.15, 0.2) is 0 Å². The lowest BCUT2D eigenvalue weighted by atomic mass is 10.1. The number of amides is 1. The maximum absolute atomic E-state index is 10.8. The van der Waals surface area contributed by atoms with Crippen LogP contribution in [-0.4, -0.2) is 10.9 Å². The van der Waals surface area contributed by atoms with E-state index in [2.05, 4.69) is 4.98 Å². The van der Waals surface area contributed by atoms with Crippen LogP contribution in [0.2, 0.25) is 0 Å². The quantitative estimate of drug-likeness (QED) is 0.854. The molecule has 88 valence electrons. The van der Waals surface area contributed by atoms with Crippen molar-refractivity contribution in [1.29, 1.82) is 0 Å². The fraction of sp³-hybridized carbons (Fsp3) is 0.167. The second kappa shape index (κ2) is 5.07. The van der Waals surface area contributed by atoms with Crippen molar-refractivity contribution in [3.8, 4) is 10.6 Å². The van der Waals surface area contributed by atoms with Crippen LogP contribution in [0.5, 0.6) is 0 Å². The number of nitrogens with zero attached hydrogens (tertiary/aromatic N) is 1. The van der Waals surface area contributed by atoms with Crippen molar-refractivity contribution < 1.29 is 4.79 Å². The second-order valence-electron chi connectivity index (χ2n) is 3.69. The number of primary amides is 1. The molecule has 4 nitrogen and oxygen atoms in total. The normalized spacial score (nSPS) is 10.4. The molecule has 0 saturated carbocycles. The molecule has 0 spiro atoms. The highest BCUT2D eigenvalue weighted by molar-refractivity contribution is 7.13. The number of nitrogens with two attached hydrogens (primary N) is 2. The molecule has 1 aromatic carbocycles. The molecular formula is C12H13N3OS. The molecule has 0 fully saturated rings. The van der Waals surface area contributed by atoms with E-state index < -0.39 is 0 Å². The Kier molecular flexibility index (Phi) is 3.51. The van der Waals surface area contributed by atoms with Gasteiger partial charge in [-0.25, -0.2) is 4.98 Å². The highest BCUT2D eigenvalue weighted by Crippen LogP contribution is 2.24. The highest BCUT2D eigenvalue weighted by Gasteiger charge is 2.07. The van der Waals surface area contributed by atoms with Crippen molar-refractivity contribution in [2.75, 3.05) is 0 Å². The summed E-state index contributed by atoms with van der Waals surface area (Å²) in [7, 11) is 0. The van der Waals surface area contributed by atoms with Crippen molar-refractivity contribution in [2.45, 2.75) is 13.0 Å². The minimum absolute atomic E-state index is 0.188. The van der Waals surface area contributed by atoms with Gasteiger partial charge in [0.1, 0.15) is 5.01 Å². The van der Waals surface area contributed by atoms with Crippen molar-refractivity contribution in [3.05, 3.63) is 40.9 Å². The molecule has 0 radical (unpaired) electrons. The Labute approximate surface area is 103 Å². The summed E-state index contributed by atoms with van der Waals surface area (Å²) >= 11 is 1.50. The summed E-state index contributed by atoms with van der Waals surface area (Å²) in [6, 6.07) is 7.91. The van der Waals surface area contributed by atoms with E-state index in [1.54, 1.807) is 0 Å². The molecular weight excluding hydrogens is 234 g/mol. The van der Waals surface area contributed by atoms with Gasteiger partial charge < -0.3 is 11.5 Å². The van der Waals surface area contributed by atoms with E-state index in [-0.39, 0.29) is 12.3 Å². The summed E-state index contributed by atoms with van der Waals surface area (Å²) in [6.07, 6.45) is 0.188. The summed E-state index contributed by atoms with van der Waals surface area (Å²) in [5, 5.41) is 2.74. The number of hydrogen-bond acceptors (Lipinski definition) is 4. The van der Waals surface area contributed by atoms with Gasteiger partial charge in [-0.3, -0.25) is 4.79 Å². The summed E-state index contributed by atoms with van der Waals surface area (Å²) in [6.45, 7) is 0.507. The minimum Gasteiger partial charge on any atom is -0.369 e. The van der Waals surface area contributed by atoms with Crippen LogP contribution in [0.25, 0.3) is 10.6 Å². The number of rotatable bonds is 4. The minimum atomic E-state index is -0.363. The maximum atomic E-state index is 10.8. The zero-order valence-electron chi connectivity index (χ0n) is 9.22. The van der Waals surface area contributed by atoms with E-state index in [1.165, 1.54) is 11.3 Å². The summed E-state index contributed by atoms with van der Waals surface area (Å²) in [4.78, 5) is 15.2. The molecule has 0 unspecified atom stereocenters. The van der Waals surface area contributed by atoms with Crippen LogP contribution in [0.4, 0.5) is 0 Å². The van der Waals surface area contributed by atoms with E-state index >= 15 is 0 Å². The molecule has 0 bridgehead atoms. The first-order valence-corrected chi connectivity index (χ1v) is 6.09. The molecule has 0 aliphatic heterocycles. The van der Waals surface area contributed by atoms with Crippen molar-refractivity contribution in [2.24, 2.45) is 11.5 Å². The first-order chi connectivity index (χ1) is 8.19. The summed E-state index contributed by atoms with van der Waals surface area (Å²) < 4.78 is 0. The number of thiazole rings is 1. The van der Waals surface area contributed by atoms with E-state index in [4.69, 9.17) is 11.5 Å². The molecule has 1 heterocycles. The number of carbonyl (C=O) groups excluding carboxylic acids is 1. The Morgan fingerprint density at radius 1 is 1.41 bits per heavy atom.